The van der Waals surface area contributed by atoms with Crippen molar-refractivity contribution in [2.45, 2.75) is 19.4 Å². The molecule has 2 rings (SSSR count). The van der Waals surface area contributed by atoms with E-state index < -0.39 is 0 Å². The summed E-state index contributed by atoms with van der Waals surface area (Å²) in [6.07, 6.45) is 4.31. The lowest BCUT2D eigenvalue weighted by molar-refractivity contribution is 0.338. The van der Waals surface area contributed by atoms with Crippen LogP contribution in [0.3, 0.4) is 0 Å². The van der Waals surface area contributed by atoms with Crippen molar-refractivity contribution >= 4 is 15.9 Å². The first-order valence-corrected chi connectivity index (χ1v) is 7.30. The Morgan fingerprint density at radius 1 is 1.30 bits per heavy atom. The average molecular weight is 336 g/mol. The highest BCUT2D eigenvalue weighted by atomic mass is 79.9. The molecular weight excluding hydrogens is 318 g/mol. The van der Waals surface area contributed by atoms with Crippen molar-refractivity contribution in [2.75, 3.05) is 6.61 Å². The molecule has 1 unspecified atom stereocenters. The van der Waals surface area contributed by atoms with E-state index in [4.69, 9.17) is 10.6 Å². The second-order valence-electron chi connectivity index (χ2n) is 4.44. The van der Waals surface area contributed by atoms with E-state index in [2.05, 4.69) is 38.5 Å². The van der Waals surface area contributed by atoms with Crippen LogP contribution in [0.2, 0.25) is 0 Å². The van der Waals surface area contributed by atoms with E-state index in [-0.39, 0.29) is 6.04 Å². The summed E-state index contributed by atoms with van der Waals surface area (Å²) in [5.41, 5.74) is 5.07. The van der Waals surface area contributed by atoms with Crippen LogP contribution in [0, 0.1) is 0 Å². The topological polar surface area (TPSA) is 60.2 Å². The predicted octanol–water partition coefficient (Wildman–Crippen LogP) is 2.99. The highest BCUT2D eigenvalue weighted by Crippen LogP contribution is 2.22. The maximum Gasteiger partial charge on any atom is 0.137 e. The van der Waals surface area contributed by atoms with Gasteiger partial charge in [-0.05, 0) is 42.7 Å². The highest BCUT2D eigenvalue weighted by molar-refractivity contribution is 9.10. The third-order valence-corrected chi connectivity index (χ3v) is 3.53. The number of nitrogens with zero attached hydrogens (tertiary/aromatic N) is 1. The number of aromatic nitrogens is 1. The van der Waals surface area contributed by atoms with Crippen molar-refractivity contribution in [3.8, 4) is 5.75 Å². The Morgan fingerprint density at radius 3 is 2.70 bits per heavy atom. The Morgan fingerprint density at radius 2 is 2.05 bits per heavy atom. The summed E-state index contributed by atoms with van der Waals surface area (Å²) >= 11 is 3.43. The maximum atomic E-state index is 5.68. The Kier molecular flexibility index (Phi) is 5.52. The van der Waals surface area contributed by atoms with Gasteiger partial charge in [0.05, 0.1) is 18.8 Å². The third-order valence-electron chi connectivity index (χ3n) is 3.00. The first-order valence-electron chi connectivity index (χ1n) is 6.51. The zero-order chi connectivity index (χ0) is 14.4. The van der Waals surface area contributed by atoms with Crippen LogP contribution in [-0.2, 0) is 6.42 Å². The van der Waals surface area contributed by atoms with Crippen LogP contribution < -0.4 is 16.0 Å². The monoisotopic (exact) mass is 335 g/mol. The minimum atomic E-state index is 0.00378. The van der Waals surface area contributed by atoms with Gasteiger partial charge in [-0.1, -0.05) is 28.1 Å². The van der Waals surface area contributed by atoms with Crippen LogP contribution >= 0.6 is 15.9 Å². The summed E-state index contributed by atoms with van der Waals surface area (Å²) < 4.78 is 6.54. The Hall–Kier alpha value is -1.43. The Bertz CT molecular complexity index is 545. The van der Waals surface area contributed by atoms with Gasteiger partial charge in [0.2, 0.25) is 0 Å². The van der Waals surface area contributed by atoms with Gasteiger partial charge in [0, 0.05) is 10.7 Å². The zero-order valence-electron chi connectivity index (χ0n) is 11.3. The second-order valence-corrected chi connectivity index (χ2v) is 5.35. The lowest BCUT2D eigenvalue weighted by atomic mass is 10.0. The van der Waals surface area contributed by atoms with Gasteiger partial charge in [-0.25, -0.2) is 0 Å². The Balaban J connectivity index is 2.15. The number of halogens is 1. The number of nitrogens with one attached hydrogen (secondary N) is 1. The van der Waals surface area contributed by atoms with Gasteiger partial charge >= 0.3 is 0 Å². The molecule has 0 saturated heterocycles. The molecular formula is C15H18BrN3O. The number of pyridine rings is 1. The number of nitrogens with two attached hydrogens (primary N) is 1. The van der Waals surface area contributed by atoms with Crippen LogP contribution in [0.25, 0.3) is 0 Å². The molecule has 0 bridgehead atoms. The predicted molar refractivity (Wildman–Crippen MR) is 83.3 cm³/mol. The van der Waals surface area contributed by atoms with Crippen LogP contribution in [0.1, 0.15) is 24.1 Å². The maximum absolute atomic E-state index is 5.68. The van der Waals surface area contributed by atoms with Gasteiger partial charge in [0.25, 0.3) is 0 Å². The lowest BCUT2D eigenvalue weighted by Crippen LogP contribution is -2.29. The molecule has 4 nitrogen and oxygen atoms in total. The Labute approximate surface area is 127 Å². The summed E-state index contributed by atoms with van der Waals surface area (Å²) in [5, 5.41) is 0. The largest absolute Gasteiger partial charge is 0.492 e. The molecule has 2 aromatic rings. The third kappa shape index (κ3) is 4.03. The van der Waals surface area contributed by atoms with Crippen molar-refractivity contribution in [1.82, 2.24) is 10.4 Å². The average Bonchev–Trinajstić information content (AvgIpc) is 2.47. The van der Waals surface area contributed by atoms with E-state index in [1.165, 1.54) is 5.56 Å². The van der Waals surface area contributed by atoms with Gasteiger partial charge in [-0.15, -0.1) is 0 Å². The molecule has 3 N–H and O–H groups in total. The fourth-order valence-corrected chi connectivity index (χ4v) is 2.27. The van der Waals surface area contributed by atoms with E-state index in [1.807, 2.05) is 31.3 Å². The van der Waals surface area contributed by atoms with Crippen LogP contribution in [0.15, 0.2) is 47.2 Å². The number of rotatable bonds is 6. The van der Waals surface area contributed by atoms with Gasteiger partial charge < -0.3 is 4.74 Å². The van der Waals surface area contributed by atoms with Gasteiger partial charge in [-0.3, -0.25) is 16.3 Å². The molecule has 1 atom stereocenters. The fourth-order valence-electron chi connectivity index (χ4n) is 2.00. The summed E-state index contributed by atoms with van der Waals surface area (Å²) in [6, 6.07) is 10.2. The number of hydrogen-bond donors (Lipinski definition) is 2. The van der Waals surface area contributed by atoms with Gasteiger partial charge in [-0.2, -0.15) is 0 Å². The summed E-state index contributed by atoms with van der Waals surface area (Å²) in [4.78, 5) is 4.20. The van der Waals surface area contributed by atoms with Crippen LogP contribution in [0.4, 0.5) is 0 Å². The molecule has 0 fully saturated rings. The molecule has 0 aliphatic rings. The van der Waals surface area contributed by atoms with Crippen LogP contribution in [0.5, 0.6) is 5.75 Å². The SMILES string of the molecule is CCOc1cncc(C(Cc2ccc(Br)cc2)NN)c1. The molecule has 0 aliphatic heterocycles. The number of ether oxygens (including phenoxy) is 1. The molecule has 5 heteroatoms. The molecule has 0 aliphatic carbocycles. The minimum absolute atomic E-state index is 0.00378. The standard InChI is InChI=1S/C15H18BrN3O/c1-2-20-14-8-12(9-18-10-14)15(19-17)7-11-3-5-13(16)6-4-11/h3-6,8-10,15,19H,2,7,17H2,1H3. The molecule has 20 heavy (non-hydrogen) atoms. The van der Waals surface area contributed by atoms with E-state index in [0.717, 1.165) is 22.2 Å². The van der Waals surface area contributed by atoms with Crippen molar-refractivity contribution in [2.24, 2.45) is 5.84 Å². The zero-order valence-corrected chi connectivity index (χ0v) is 12.9. The molecule has 0 spiro atoms. The van der Waals surface area contributed by atoms with Crippen LogP contribution in [-0.4, -0.2) is 11.6 Å². The number of benzene rings is 1. The molecule has 1 aromatic carbocycles. The minimum Gasteiger partial charge on any atom is -0.492 e. The van der Waals surface area contributed by atoms with Crippen molar-refractivity contribution in [3.05, 3.63) is 58.3 Å². The van der Waals surface area contributed by atoms with E-state index in [0.29, 0.717) is 6.61 Å². The van der Waals surface area contributed by atoms with Crippen molar-refractivity contribution in [1.29, 1.82) is 0 Å². The first-order chi connectivity index (χ1) is 9.72. The van der Waals surface area contributed by atoms with Gasteiger partial charge in [0.15, 0.2) is 0 Å². The normalized spacial score (nSPS) is 12.2. The lowest BCUT2D eigenvalue weighted by Gasteiger charge is -2.17. The molecule has 1 aromatic heterocycles. The smallest absolute Gasteiger partial charge is 0.137 e. The van der Waals surface area contributed by atoms with E-state index in [1.54, 1.807) is 6.20 Å². The second kappa shape index (κ2) is 7.38. The van der Waals surface area contributed by atoms with E-state index in [9.17, 15) is 0 Å². The molecule has 0 saturated carbocycles. The highest BCUT2D eigenvalue weighted by Gasteiger charge is 2.12. The van der Waals surface area contributed by atoms with Gasteiger partial charge in [0.1, 0.15) is 5.75 Å². The molecule has 1 heterocycles. The van der Waals surface area contributed by atoms with Crippen molar-refractivity contribution in [3.63, 3.8) is 0 Å². The summed E-state index contributed by atoms with van der Waals surface area (Å²) in [7, 11) is 0. The molecule has 0 radical (unpaired) electrons. The van der Waals surface area contributed by atoms with Crippen molar-refractivity contribution < 1.29 is 4.74 Å². The molecule has 0 amide bonds. The van der Waals surface area contributed by atoms with E-state index >= 15 is 0 Å². The summed E-state index contributed by atoms with van der Waals surface area (Å²) in [5.74, 6) is 6.44. The first kappa shape index (κ1) is 15.0. The fraction of sp³-hybridized carbons (Fsp3) is 0.267. The number of hydrazine groups is 1. The quantitative estimate of drug-likeness (QED) is 0.629. The summed E-state index contributed by atoms with van der Waals surface area (Å²) in [6.45, 7) is 2.58. The molecule has 106 valence electrons. The number of hydrogen-bond acceptors (Lipinski definition) is 4.